The van der Waals surface area contributed by atoms with Crippen molar-refractivity contribution in [3.05, 3.63) is 36.4 Å². The smallest absolute Gasteiger partial charge is 0.387 e. The third kappa shape index (κ3) is 3.60. The second-order valence-electron chi connectivity index (χ2n) is 5.56. The zero-order chi connectivity index (χ0) is 17.1. The molecule has 0 radical (unpaired) electrons. The molecule has 1 aromatic heterocycles. The number of rotatable bonds is 5. The third-order valence-electron chi connectivity index (χ3n) is 3.90. The van der Waals surface area contributed by atoms with Crippen LogP contribution in [-0.2, 0) is 0 Å². The van der Waals surface area contributed by atoms with Gasteiger partial charge in [-0.1, -0.05) is 12.1 Å². The van der Waals surface area contributed by atoms with E-state index in [2.05, 4.69) is 14.9 Å². The molecule has 128 valence electrons. The van der Waals surface area contributed by atoms with Gasteiger partial charge in [-0.2, -0.15) is 8.78 Å². The van der Waals surface area contributed by atoms with Gasteiger partial charge in [0.2, 0.25) is 0 Å². The SMILES string of the molecule is OC[C@@H]1C[C@H](O)CN1c1ccc(-c2cccc(OC(F)F)c2)nn1. The fraction of sp³-hybridized carbons (Fsp3) is 0.375. The number of hydrogen-bond donors (Lipinski definition) is 2. The molecule has 0 aliphatic carbocycles. The van der Waals surface area contributed by atoms with Gasteiger partial charge in [0.15, 0.2) is 5.82 Å². The number of ether oxygens (including phenoxy) is 1. The molecule has 6 nitrogen and oxygen atoms in total. The Morgan fingerprint density at radius 2 is 2.08 bits per heavy atom. The summed E-state index contributed by atoms with van der Waals surface area (Å²) in [5.41, 5.74) is 1.12. The van der Waals surface area contributed by atoms with Gasteiger partial charge in [0.1, 0.15) is 5.75 Å². The summed E-state index contributed by atoms with van der Waals surface area (Å²) in [5.74, 6) is 0.603. The fourth-order valence-electron chi connectivity index (χ4n) is 2.81. The highest BCUT2D eigenvalue weighted by atomic mass is 19.3. The van der Waals surface area contributed by atoms with Crippen LogP contribution in [0.5, 0.6) is 5.75 Å². The Bertz CT molecular complexity index is 685. The standard InChI is InChI=1S/C16H17F2N3O3/c17-16(18)24-13-3-1-2-10(6-13)14-4-5-15(20-19-14)21-8-12(23)7-11(21)9-22/h1-6,11-12,16,22-23H,7-9H2/t11-,12-/m0/s1. The minimum absolute atomic E-state index is 0.0522. The maximum atomic E-state index is 12.3. The van der Waals surface area contributed by atoms with Crippen molar-refractivity contribution in [3.63, 3.8) is 0 Å². The number of benzene rings is 1. The van der Waals surface area contributed by atoms with Crippen LogP contribution in [-0.4, -0.2) is 52.3 Å². The number of hydrogen-bond acceptors (Lipinski definition) is 6. The molecule has 2 aromatic rings. The van der Waals surface area contributed by atoms with Gasteiger partial charge in [-0.05, 0) is 30.7 Å². The molecule has 2 heterocycles. The van der Waals surface area contributed by atoms with Crippen molar-refractivity contribution in [3.8, 4) is 17.0 Å². The topological polar surface area (TPSA) is 78.7 Å². The van der Waals surface area contributed by atoms with Crippen molar-refractivity contribution in [2.45, 2.75) is 25.2 Å². The van der Waals surface area contributed by atoms with E-state index in [0.29, 0.717) is 30.0 Å². The van der Waals surface area contributed by atoms with Crippen LogP contribution in [0.1, 0.15) is 6.42 Å². The highest BCUT2D eigenvalue weighted by Crippen LogP contribution is 2.27. The lowest BCUT2D eigenvalue weighted by molar-refractivity contribution is -0.0498. The molecule has 1 saturated heterocycles. The van der Waals surface area contributed by atoms with E-state index in [1.54, 1.807) is 29.2 Å². The molecular formula is C16H17F2N3O3. The van der Waals surface area contributed by atoms with Gasteiger partial charge in [0.25, 0.3) is 0 Å². The molecule has 1 fully saturated rings. The minimum Gasteiger partial charge on any atom is -0.435 e. The molecule has 0 amide bonds. The molecule has 1 aromatic carbocycles. The fourth-order valence-corrected chi connectivity index (χ4v) is 2.81. The zero-order valence-electron chi connectivity index (χ0n) is 12.7. The molecule has 0 spiro atoms. The van der Waals surface area contributed by atoms with E-state index in [-0.39, 0.29) is 18.4 Å². The largest absolute Gasteiger partial charge is 0.435 e. The van der Waals surface area contributed by atoms with E-state index in [1.165, 1.54) is 12.1 Å². The van der Waals surface area contributed by atoms with Crippen LogP contribution in [0.25, 0.3) is 11.3 Å². The summed E-state index contributed by atoms with van der Waals surface area (Å²) in [6.07, 6.45) is -0.0285. The first-order valence-electron chi connectivity index (χ1n) is 7.51. The molecule has 3 rings (SSSR count). The normalized spacial score (nSPS) is 20.6. The number of aliphatic hydroxyl groups excluding tert-OH is 2. The van der Waals surface area contributed by atoms with Crippen LogP contribution in [0.4, 0.5) is 14.6 Å². The predicted octanol–water partition coefficient (Wildman–Crippen LogP) is 1.68. The van der Waals surface area contributed by atoms with Crippen LogP contribution in [0.3, 0.4) is 0 Å². The minimum atomic E-state index is -2.88. The number of β-amino-alcohol motifs (C(OH)–C–C–N with tert-alkyl or cyclic N) is 1. The maximum absolute atomic E-state index is 12.3. The lowest BCUT2D eigenvalue weighted by Gasteiger charge is -2.23. The van der Waals surface area contributed by atoms with Crippen molar-refractivity contribution >= 4 is 5.82 Å². The van der Waals surface area contributed by atoms with Crippen molar-refractivity contribution in [2.75, 3.05) is 18.1 Å². The summed E-state index contributed by atoms with van der Waals surface area (Å²) in [6, 6.07) is 9.47. The number of halogens is 2. The van der Waals surface area contributed by atoms with Gasteiger partial charge < -0.3 is 19.8 Å². The average molecular weight is 337 g/mol. The molecule has 8 heteroatoms. The second kappa shape index (κ2) is 7.06. The molecule has 0 unspecified atom stereocenters. The van der Waals surface area contributed by atoms with Gasteiger partial charge in [-0.3, -0.25) is 0 Å². The summed E-state index contributed by atoms with van der Waals surface area (Å²) in [5, 5.41) is 27.3. The van der Waals surface area contributed by atoms with Gasteiger partial charge in [-0.15, -0.1) is 10.2 Å². The Kier molecular flexibility index (Phi) is 4.86. The molecule has 2 N–H and O–H groups in total. The van der Waals surface area contributed by atoms with Crippen LogP contribution in [0.15, 0.2) is 36.4 Å². The summed E-state index contributed by atoms with van der Waals surface area (Å²) < 4.78 is 28.9. The van der Waals surface area contributed by atoms with E-state index >= 15 is 0 Å². The van der Waals surface area contributed by atoms with Crippen molar-refractivity contribution in [2.24, 2.45) is 0 Å². The Hall–Kier alpha value is -2.32. The van der Waals surface area contributed by atoms with Crippen molar-refractivity contribution in [1.82, 2.24) is 10.2 Å². The molecule has 1 aliphatic rings. The molecule has 0 bridgehead atoms. The summed E-state index contributed by atoms with van der Waals surface area (Å²) in [7, 11) is 0. The van der Waals surface area contributed by atoms with Crippen LogP contribution >= 0.6 is 0 Å². The first kappa shape index (κ1) is 16.5. The first-order valence-corrected chi connectivity index (χ1v) is 7.51. The van der Waals surface area contributed by atoms with Gasteiger partial charge in [0, 0.05) is 12.1 Å². The Morgan fingerprint density at radius 1 is 1.25 bits per heavy atom. The van der Waals surface area contributed by atoms with Crippen molar-refractivity contribution in [1.29, 1.82) is 0 Å². The molecular weight excluding hydrogens is 320 g/mol. The van der Waals surface area contributed by atoms with E-state index in [9.17, 15) is 19.0 Å². The van der Waals surface area contributed by atoms with Crippen LogP contribution in [0.2, 0.25) is 0 Å². The number of anilines is 1. The number of aromatic nitrogens is 2. The lowest BCUT2D eigenvalue weighted by Crippen LogP contribution is -2.33. The second-order valence-corrected chi connectivity index (χ2v) is 5.56. The summed E-state index contributed by atoms with van der Waals surface area (Å²) in [4.78, 5) is 1.80. The molecule has 2 atom stereocenters. The van der Waals surface area contributed by atoms with E-state index in [0.717, 1.165) is 0 Å². The van der Waals surface area contributed by atoms with Crippen LogP contribution < -0.4 is 9.64 Å². The first-order chi connectivity index (χ1) is 11.6. The summed E-state index contributed by atoms with van der Waals surface area (Å²) in [6.45, 7) is -2.57. The van der Waals surface area contributed by atoms with Gasteiger partial charge >= 0.3 is 6.61 Å². The Balaban J connectivity index is 1.80. The number of alkyl halides is 2. The third-order valence-corrected chi connectivity index (χ3v) is 3.90. The van der Waals surface area contributed by atoms with E-state index in [4.69, 9.17) is 0 Å². The number of nitrogens with zero attached hydrogens (tertiary/aromatic N) is 3. The predicted molar refractivity (Wildman–Crippen MR) is 82.9 cm³/mol. The molecule has 0 saturated carbocycles. The monoisotopic (exact) mass is 337 g/mol. The Labute approximate surface area is 137 Å². The Morgan fingerprint density at radius 3 is 2.75 bits per heavy atom. The maximum Gasteiger partial charge on any atom is 0.387 e. The number of aliphatic hydroxyl groups is 2. The van der Waals surface area contributed by atoms with Crippen molar-refractivity contribution < 1.29 is 23.7 Å². The van der Waals surface area contributed by atoms with E-state index < -0.39 is 12.7 Å². The highest BCUT2D eigenvalue weighted by molar-refractivity contribution is 5.61. The summed E-state index contributed by atoms with van der Waals surface area (Å²) >= 11 is 0. The highest BCUT2D eigenvalue weighted by Gasteiger charge is 2.31. The zero-order valence-corrected chi connectivity index (χ0v) is 12.7. The lowest BCUT2D eigenvalue weighted by atomic mass is 10.1. The van der Waals surface area contributed by atoms with Gasteiger partial charge in [0.05, 0.1) is 24.4 Å². The quantitative estimate of drug-likeness (QED) is 0.864. The van der Waals surface area contributed by atoms with Gasteiger partial charge in [-0.25, -0.2) is 0 Å². The molecule has 1 aliphatic heterocycles. The van der Waals surface area contributed by atoms with Crippen LogP contribution in [0, 0.1) is 0 Å². The van der Waals surface area contributed by atoms with E-state index in [1.807, 2.05) is 0 Å². The molecule has 24 heavy (non-hydrogen) atoms. The average Bonchev–Trinajstić information content (AvgIpc) is 2.96.